The van der Waals surface area contributed by atoms with Gasteiger partial charge in [-0.25, -0.2) is 26.0 Å². The molecule has 0 saturated carbocycles. The molecule has 0 aliphatic carbocycles. The van der Waals surface area contributed by atoms with Crippen molar-refractivity contribution in [3.63, 3.8) is 0 Å². The Hall–Kier alpha value is -8.04. The molecule has 7 aromatic rings. The standard InChI is InChI=1S/C30H28FN3O7S.C21H21N3O5S/c1-33(42(4,37)38)27-22-6-5-13-32-26(22)28(41-17-18-7-11-21(39-2)12-8-18)25-24(27)16-34(29(25)35)15-19-9-10-20(31)14-23(19)30(36)40-3;1-24(30(3,26)27)19-15-5-4-10-22-18(15)20(17-16(19)11-23-21(17)25)29-12-13-6-8-14(28-2)9-7-13/h5-14H,15-17H2,1-4H3;4-10H,11-12H2,1-3H3,(H,23,25). The van der Waals surface area contributed by atoms with Crippen molar-refractivity contribution < 1.29 is 59.3 Å². The van der Waals surface area contributed by atoms with Gasteiger partial charge in [-0.2, -0.15) is 0 Å². The highest BCUT2D eigenvalue weighted by atomic mass is 32.2. The topological polar surface area (TPSA) is 213 Å². The number of ether oxygens (including phenoxy) is 5. The van der Waals surface area contributed by atoms with Gasteiger partial charge in [-0.05, 0) is 77.4 Å². The van der Waals surface area contributed by atoms with E-state index < -0.39 is 37.7 Å². The highest BCUT2D eigenvalue weighted by Gasteiger charge is 2.39. The molecule has 4 heterocycles. The molecule has 21 heteroatoms. The number of amides is 2. The Morgan fingerprint density at radius 2 is 1.21 bits per heavy atom. The summed E-state index contributed by atoms with van der Waals surface area (Å²) >= 11 is 0. The number of methoxy groups -OCH3 is 3. The van der Waals surface area contributed by atoms with E-state index in [1.807, 2.05) is 36.4 Å². The normalized spacial score (nSPS) is 12.9. The van der Waals surface area contributed by atoms with E-state index in [4.69, 9.17) is 23.7 Å². The zero-order valence-electron chi connectivity index (χ0n) is 40.2. The van der Waals surface area contributed by atoms with Crippen molar-refractivity contribution in [2.45, 2.75) is 32.8 Å². The lowest BCUT2D eigenvalue weighted by molar-refractivity contribution is 0.0594. The molecule has 72 heavy (non-hydrogen) atoms. The van der Waals surface area contributed by atoms with Gasteiger partial charge in [0.1, 0.15) is 41.6 Å². The number of carbonyl (C=O) groups excluding carboxylic acids is 3. The van der Waals surface area contributed by atoms with Crippen LogP contribution in [0.2, 0.25) is 0 Å². The molecule has 2 aliphatic rings. The fourth-order valence-corrected chi connectivity index (χ4v) is 9.58. The number of hydrogen-bond donors (Lipinski definition) is 1. The van der Waals surface area contributed by atoms with Crippen LogP contribution in [0.3, 0.4) is 0 Å². The van der Waals surface area contributed by atoms with Gasteiger partial charge in [0.05, 0.1) is 61.9 Å². The van der Waals surface area contributed by atoms with Gasteiger partial charge < -0.3 is 33.9 Å². The van der Waals surface area contributed by atoms with E-state index in [0.717, 1.165) is 39.8 Å². The van der Waals surface area contributed by atoms with Gasteiger partial charge in [0.25, 0.3) is 11.8 Å². The Morgan fingerprint density at radius 1 is 0.708 bits per heavy atom. The molecule has 0 bridgehead atoms. The fourth-order valence-electron chi connectivity index (χ4n) is 8.50. The highest BCUT2D eigenvalue weighted by molar-refractivity contribution is 7.92. The second kappa shape index (κ2) is 20.4. The number of hydrogen-bond acceptors (Lipinski definition) is 14. The van der Waals surface area contributed by atoms with Crippen LogP contribution in [0.5, 0.6) is 23.0 Å². The summed E-state index contributed by atoms with van der Waals surface area (Å²) in [6.45, 7) is 0.470. The number of rotatable bonds is 15. The predicted octanol–water partition coefficient (Wildman–Crippen LogP) is 6.76. The van der Waals surface area contributed by atoms with E-state index in [2.05, 4.69) is 15.3 Å². The van der Waals surface area contributed by atoms with Gasteiger partial charge in [-0.15, -0.1) is 0 Å². The highest BCUT2D eigenvalue weighted by Crippen LogP contribution is 2.46. The van der Waals surface area contributed by atoms with E-state index in [9.17, 15) is 35.6 Å². The molecule has 0 spiro atoms. The first-order valence-corrected chi connectivity index (χ1v) is 25.7. The van der Waals surface area contributed by atoms with Crippen LogP contribution < -0.4 is 32.9 Å². The van der Waals surface area contributed by atoms with Gasteiger partial charge in [-0.3, -0.25) is 28.2 Å². The fraction of sp³-hybridized carbons (Fsp3) is 0.235. The minimum absolute atomic E-state index is 0.00504. The number of nitrogens with one attached hydrogen (secondary N) is 1. The molecule has 0 fully saturated rings. The molecule has 2 amide bonds. The van der Waals surface area contributed by atoms with Crippen molar-refractivity contribution in [3.8, 4) is 23.0 Å². The summed E-state index contributed by atoms with van der Waals surface area (Å²) in [6.07, 6.45) is 5.33. The first-order chi connectivity index (χ1) is 34.3. The maximum atomic E-state index is 14.0. The van der Waals surface area contributed by atoms with Crippen LogP contribution >= 0.6 is 0 Å². The van der Waals surface area contributed by atoms with Crippen LogP contribution in [0.4, 0.5) is 15.8 Å². The van der Waals surface area contributed by atoms with Gasteiger partial charge >= 0.3 is 5.97 Å². The molecule has 2 aromatic heterocycles. The third-order valence-corrected chi connectivity index (χ3v) is 14.6. The van der Waals surface area contributed by atoms with Crippen LogP contribution in [0, 0.1) is 5.82 Å². The van der Waals surface area contributed by atoms with Crippen LogP contribution in [0.15, 0.2) is 103 Å². The first kappa shape index (κ1) is 50.4. The van der Waals surface area contributed by atoms with Crippen molar-refractivity contribution in [1.82, 2.24) is 20.2 Å². The largest absolute Gasteiger partial charge is 0.497 e. The van der Waals surface area contributed by atoms with E-state index in [-0.39, 0.29) is 55.6 Å². The molecule has 1 N–H and O–H groups in total. The lowest BCUT2D eigenvalue weighted by atomic mass is 10.0. The molecular formula is C51H49FN6O12S2. The van der Waals surface area contributed by atoms with Crippen molar-refractivity contribution >= 4 is 71.0 Å². The van der Waals surface area contributed by atoms with Gasteiger partial charge in [0.15, 0.2) is 11.5 Å². The third-order valence-electron chi connectivity index (χ3n) is 12.2. The molecule has 0 unspecified atom stereocenters. The zero-order chi connectivity index (χ0) is 51.6. The van der Waals surface area contributed by atoms with E-state index >= 15 is 0 Å². The minimum Gasteiger partial charge on any atom is -0.497 e. The lowest BCUT2D eigenvalue weighted by Crippen LogP contribution is -2.27. The molecule has 5 aromatic carbocycles. The lowest BCUT2D eigenvalue weighted by Gasteiger charge is -2.23. The SMILES string of the molecule is COC(=O)c1cc(F)ccc1CN1Cc2c(c(OCc3ccc(OC)cc3)c3ncccc3c2N(C)S(C)(=O)=O)C1=O.COc1ccc(COc2c3c(c(N(C)S(C)(=O)=O)c4cccnc24)CNC3=O)cc1. The Morgan fingerprint density at radius 3 is 1.69 bits per heavy atom. The second-order valence-corrected chi connectivity index (χ2v) is 20.8. The number of nitrogens with zero attached hydrogens (tertiary/aromatic N) is 5. The summed E-state index contributed by atoms with van der Waals surface area (Å²) in [7, 11) is -0.0533. The quantitative estimate of drug-likeness (QED) is 0.105. The molecule has 0 atom stereocenters. The minimum atomic E-state index is -3.74. The molecular weight excluding hydrogens is 972 g/mol. The van der Waals surface area contributed by atoms with Crippen LogP contribution in [0.25, 0.3) is 21.8 Å². The summed E-state index contributed by atoms with van der Waals surface area (Å²) in [6, 6.07) is 25.2. The van der Waals surface area contributed by atoms with E-state index in [1.54, 1.807) is 56.8 Å². The average molecular weight is 1020 g/mol. The Kier molecular flexibility index (Phi) is 14.2. The zero-order valence-corrected chi connectivity index (χ0v) is 41.8. The number of aromatic nitrogens is 2. The molecule has 18 nitrogen and oxygen atoms in total. The Labute approximate surface area is 414 Å². The summed E-state index contributed by atoms with van der Waals surface area (Å²) in [5.41, 5.74) is 5.05. The van der Waals surface area contributed by atoms with Gasteiger partial charge in [0.2, 0.25) is 20.0 Å². The van der Waals surface area contributed by atoms with E-state index in [1.165, 1.54) is 48.7 Å². The monoisotopic (exact) mass is 1020 g/mol. The maximum absolute atomic E-state index is 14.0. The van der Waals surface area contributed by atoms with Gasteiger partial charge in [0, 0.05) is 68.0 Å². The number of halogens is 1. The van der Waals surface area contributed by atoms with Crippen molar-refractivity contribution in [3.05, 3.63) is 154 Å². The number of anilines is 2. The molecule has 0 radical (unpaired) electrons. The predicted molar refractivity (Wildman–Crippen MR) is 267 cm³/mol. The van der Waals surface area contributed by atoms with Gasteiger partial charge in [-0.1, -0.05) is 30.3 Å². The first-order valence-electron chi connectivity index (χ1n) is 22.0. The number of sulfonamides is 2. The Balaban J connectivity index is 0.000000204. The average Bonchev–Trinajstić information content (AvgIpc) is 3.91. The van der Waals surface area contributed by atoms with Crippen LogP contribution in [0.1, 0.15) is 58.9 Å². The smallest absolute Gasteiger partial charge is 0.338 e. The molecule has 2 aliphatic heterocycles. The Bertz CT molecular complexity index is 3510. The third kappa shape index (κ3) is 9.97. The maximum Gasteiger partial charge on any atom is 0.338 e. The number of fused-ring (bicyclic) bond motifs is 4. The summed E-state index contributed by atoms with van der Waals surface area (Å²) < 4.78 is 93.9. The second-order valence-electron chi connectivity index (χ2n) is 16.7. The van der Waals surface area contributed by atoms with Crippen LogP contribution in [-0.4, -0.2) is 97.4 Å². The van der Waals surface area contributed by atoms with Crippen LogP contribution in [-0.2, 0) is 57.6 Å². The number of esters is 1. The summed E-state index contributed by atoms with van der Waals surface area (Å²) in [5, 5.41) is 3.86. The summed E-state index contributed by atoms with van der Waals surface area (Å²) in [4.78, 5) is 49.4. The number of benzene rings is 5. The molecule has 374 valence electrons. The van der Waals surface area contributed by atoms with Crippen molar-refractivity contribution in [1.29, 1.82) is 0 Å². The molecule has 0 saturated heterocycles. The summed E-state index contributed by atoms with van der Waals surface area (Å²) in [5.74, 6) is -0.171. The number of pyridine rings is 2. The number of carbonyl (C=O) groups is 3. The molecule has 9 rings (SSSR count). The van der Waals surface area contributed by atoms with Crippen molar-refractivity contribution in [2.75, 3.05) is 56.5 Å². The van der Waals surface area contributed by atoms with Crippen molar-refractivity contribution in [2.24, 2.45) is 0 Å². The van der Waals surface area contributed by atoms with E-state index in [0.29, 0.717) is 66.9 Å².